The minimum absolute atomic E-state index is 0.0118. The number of carbonyl (C=O) groups excluding carboxylic acids is 1. The van der Waals surface area contributed by atoms with Crippen LogP contribution in [0.1, 0.15) is 16.1 Å². The summed E-state index contributed by atoms with van der Waals surface area (Å²) in [6.07, 6.45) is -1.17. The lowest BCUT2D eigenvalue weighted by atomic mass is 10.2. The van der Waals surface area contributed by atoms with E-state index in [-0.39, 0.29) is 17.9 Å². The molecule has 0 aliphatic rings. The van der Waals surface area contributed by atoms with E-state index in [9.17, 15) is 9.59 Å². The monoisotopic (exact) mass is 303 g/mol. The number of anilines is 1. The van der Waals surface area contributed by atoms with Crippen LogP contribution in [-0.2, 0) is 11.3 Å². The molecule has 0 aliphatic heterocycles. The third-order valence-corrected chi connectivity index (χ3v) is 2.58. The van der Waals surface area contributed by atoms with Crippen molar-refractivity contribution < 1.29 is 19.4 Å². The van der Waals surface area contributed by atoms with Crippen molar-refractivity contribution in [2.45, 2.75) is 6.54 Å². The van der Waals surface area contributed by atoms with Crippen LogP contribution < -0.4 is 11.1 Å². The van der Waals surface area contributed by atoms with E-state index in [1.807, 2.05) is 0 Å². The van der Waals surface area contributed by atoms with Crippen LogP contribution in [0.2, 0.25) is 0 Å². The van der Waals surface area contributed by atoms with Gasteiger partial charge in [0.1, 0.15) is 11.4 Å². The first-order chi connectivity index (χ1) is 7.95. The van der Waals surface area contributed by atoms with Crippen molar-refractivity contribution in [3.63, 3.8) is 0 Å². The van der Waals surface area contributed by atoms with E-state index in [2.05, 4.69) is 31.0 Å². The van der Waals surface area contributed by atoms with E-state index in [4.69, 9.17) is 10.8 Å². The molecule has 17 heavy (non-hydrogen) atoms. The molecule has 0 saturated heterocycles. The molecular formula is C9H10BrN3O4. The summed E-state index contributed by atoms with van der Waals surface area (Å²) in [6, 6.07) is 1.44. The number of hydrogen-bond donors (Lipinski definition) is 3. The van der Waals surface area contributed by atoms with Gasteiger partial charge in [0.05, 0.1) is 19.3 Å². The van der Waals surface area contributed by atoms with Gasteiger partial charge in [0.2, 0.25) is 0 Å². The highest BCUT2D eigenvalue weighted by molar-refractivity contribution is 9.10. The molecule has 7 nitrogen and oxygen atoms in total. The Kier molecular flexibility index (Phi) is 4.27. The maximum atomic E-state index is 11.3. The van der Waals surface area contributed by atoms with Gasteiger partial charge in [-0.05, 0) is 22.0 Å². The molecule has 0 unspecified atom stereocenters. The summed E-state index contributed by atoms with van der Waals surface area (Å²) < 4.78 is 4.99. The van der Waals surface area contributed by atoms with Crippen molar-refractivity contribution in [3.05, 3.63) is 21.8 Å². The Balaban J connectivity index is 3.01. The molecule has 0 aromatic carbocycles. The highest BCUT2D eigenvalue weighted by Crippen LogP contribution is 2.21. The number of aromatic nitrogens is 1. The Labute approximate surface area is 105 Å². The van der Waals surface area contributed by atoms with Crippen molar-refractivity contribution >= 4 is 33.8 Å². The van der Waals surface area contributed by atoms with Crippen molar-refractivity contribution in [2.75, 3.05) is 12.8 Å². The molecule has 0 aliphatic carbocycles. The number of amides is 1. The van der Waals surface area contributed by atoms with Crippen LogP contribution >= 0.6 is 15.9 Å². The normalized spacial score (nSPS) is 9.76. The van der Waals surface area contributed by atoms with Crippen LogP contribution in [0, 0.1) is 0 Å². The number of rotatable bonds is 3. The molecule has 0 spiro atoms. The minimum Gasteiger partial charge on any atom is -0.465 e. The van der Waals surface area contributed by atoms with Crippen LogP contribution in [0.5, 0.6) is 0 Å². The number of nitrogens with one attached hydrogen (secondary N) is 1. The third-order valence-electron chi connectivity index (χ3n) is 1.89. The second kappa shape index (κ2) is 5.48. The Hall–Kier alpha value is -1.83. The van der Waals surface area contributed by atoms with Crippen molar-refractivity contribution in [1.29, 1.82) is 0 Å². The summed E-state index contributed by atoms with van der Waals surface area (Å²) in [7, 11) is 1.23. The number of halogens is 1. The molecule has 0 saturated carbocycles. The molecular weight excluding hydrogens is 294 g/mol. The van der Waals surface area contributed by atoms with Crippen LogP contribution in [0.4, 0.5) is 10.6 Å². The summed E-state index contributed by atoms with van der Waals surface area (Å²) in [5, 5.41) is 10.6. The molecule has 1 rings (SSSR count). The van der Waals surface area contributed by atoms with Gasteiger partial charge in [-0.15, -0.1) is 0 Å². The Morgan fingerprint density at radius 1 is 1.65 bits per heavy atom. The number of esters is 1. The Morgan fingerprint density at radius 3 is 2.82 bits per heavy atom. The number of nitrogen functional groups attached to an aromatic ring is 1. The smallest absolute Gasteiger partial charge is 0.404 e. The lowest BCUT2D eigenvalue weighted by Gasteiger charge is -2.08. The van der Waals surface area contributed by atoms with E-state index in [0.717, 1.165) is 0 Å². The van der Waals surface area contributed by atoms with Gasteiger partial charge in [0, 0.05) is 4.47 Å². The number of methoxy groups -OCH3 is 1. The molecule has 0 atom stereocenters. The van der Waals surface area contributed by atoms with Crippen LogP contribution in [0.25, 0.3) is 0 Å². The van der Waals surface area contributed by atoms with Gasteiger partial charge in [-0.1, -0.05) is 0 Å². The first kappa shape index (κ1) is 13.2. The van der Waals surface area contributed by atoms with Gasteiger partial charge in [-0.25, -0.2) is 14.6 Å². The third kappa shape index (κ3) is 3.31. The van der Waals surface area contributed by atoms with Gasteiger partial charge in [0.25, 0.3) is 0 Å². The lowest BCUT2D eigenvalue weighted by molar-refractivity contribution is 0.0601. The van der Waals surface area contributed by atoms with E-state index in [0.29, 0.717) is 10.2 Å². The van der Waals surface area contributed by atoms with Crippen LogP contribution in [-0.4, -0.2) is 29.3 Å². The standard InChI is InChI=1S/C9H10BrN3O4/c1-17-8(14)4-2-5(10)6(13-7(4)11)3-12-9(15)16/h2,12H,3H2,1H3,(H2,11,13)(H,15,16). The molecule has 8 heteroatoms. The number of pyridine rings is 1. The fourth-order valence-corrected chi connectivity index (χ4v) is 1.56. The average Bonchev–Trinajstić information content (AvgIpc) is 2.28. The van der Waals surface area contributed by atoms with Gasteiger partial charge in [0.15, 0.2) is 0 Å². The summed E-state index contributed by atoms with van der Waals surface area (Å²) >= 11 is 3.17. The second-order valence-corrected chi connectivity index (χ2v) is 3.85. The molecule has 92 valence electrons. The molecule has 0 fully saturated rings. The fraction of sp³-hybridized carbons (Fsp3) is 0.222. The Morgan fingerprint density at radius 2 is 2.29 bits per heavy atom. The Bertz CT molecular complexity index is 464. The number of carboxylic acid groups (broad SMARTS) is 1. The first-order valence-corrected chi connectivity index (χ1v) is 5.25. The predicted molar refractivity (Wildman–Crippen MR) is 62.6 cm³/mol. The van der Waals surface area contributed by atoms with Crippen LogP contribution in [0.15, 0.2) is 10.5 Å². The molecule has 0 radical (unpaired) electrons. The van der Waals surface area contributed by atoms with Crippen LogP contribution in [0.3, 0.4) is 0 Å². The lowest BCUT2D eigenvalue weighted by Crippen LogP contribution is -2.21. The summed E-state index contributed by atoms with van der Waals surface area (Å²) in [5.74, 6) is -0.615. The summed E-state index contributed by atoms with van der Waals surface area (Å²) in [5.41, 5.74) is 6.08. The van der Waals surface area contributed by atoms with Crippen molar-refractivity contribution in [3.8, 4) is 0 Å². The number of hydrogen-bond acceptors (Lipinski definition) is 5. The van der Waals surface area contributed by atoms with E-state index >= 15 is 0 Å². The van der Waals surface area contributed by atoms with E-state index < -0.39 is 12.1 Å². The molecule has 1 amide bonds. The molecule has 4 N–H and O–H groups in total. The van der Waals surface area contributed by atoms with Gasteiger partial charge >= 0.3 is 12.1 Å². The number of nitrogens with two attached hydrogens (primary N) is 1. The summed E-state index contributed by atoms with van der Waals surface area (Å²) in [4.78, 5) is 25.5. The topological polar surface area (TPSA) is 115 Å². The largest absolute Gasteiger partial charge is 0.465 e. The fourth-order valence-electron chi connectivity index (χ4n) is 1.10. The second-order valence-electron chi connectivity index (χ2n) is 3.00. The number of ether oxygens (including phenoxy) is 1. The van der Waals surface area contributed by atoms with Crippen molar-refractivity contribution in [2.24, 2.45) is 0 Å². The van der Waals surface area contributed by atoms with Gasteiger partial charge in [-0.2, -0.15) is 0 Å². The molecule has 1 aromatic heterocycles. The predicted octanol–water partition coefficient (Wildman–Crippen LogP) is 0.980. The maximum absolute atomic E-state index is 11.3. The van der Waals surface area contributed by atoms with Gasteiger partial charge < -0.3 is 20.9 Å². The molecule has 1 aromatic rings. The average molecular weight is 304 g/mol. The molecule has 1 heterocycles. The first-order valence-electron chi connectivity index (χ1n) is 4.45. The number of carbonyl (C=O) groups is 2. The highest BCUT2D eigenvalue weighted by Gasteiger charge is 2.15. The zero-order valence-electron chi connectivity index (χ0n) is 8.86. The van der Waals surface area contributed by atoms with Gasteiger partial charge in [-0.3, -0.25) is 0 Å². The maximum Gasteiger partial charge on any atom is 0.404 e. The highest BCUT2D eigenvalue weighted by atomic mass is 79.9. The molecule has 0 bridgehead atoms. The summed E-state index contributed by atoms with van der Waals surface area (Å²) in [6.45, 7) is -0.0123. The van der Waals surface area contributed by atoms with E-state index in [1.54, 1.807) is 0 Å². The zero-order chi connectivity index (χ0) is 13.0. The van der Waals surface area contributed by atoms with E-state index in [1.165, 1.54) is 13.2 Å². The van der Waals surface area contributed by atoms with Crippen molar-refractivity contribution in [1.82, 2.24) is 10.3 Å². The minimum atomic E-state index is -1.17. The SMILES string of the molecule is COC(=O)c1cc(Br)c(CNC(=O)O)nc1N. The zero-order valence-corrected chi connectivity index (χ0v) is 10.4. The number of nitrogens with zero attached hydrogens (tertiary/aromatic N) is 1. The quantitative estimate of drug-likeness (QED) is 0.717.